The smallest absolute Gasteiger partial charge is 0.411 e. The molecular formula is C23H30F2N2O5. The van der Waals surface area contributed by atoms with Crippen molar-refractivity contribution in [2.75, 3.05) is 19.6 Å². The van der Waals surface area contributed by atoms with E-state index in [1.165, 1.54) is 4.90 Å². The molecule has 1 aromatic rings. The molecule has 3 rings (SSSR count). The second-order valence-electron chi connectivity index (χ2n) is 10.1. The van der Waals surface area contributed by atoms with Gasteiger partial charge in [0, 0.05) is 13.1 Å². The zero-order valence-corrected chi connectivity index (χ0v) is 19.1. The van der Waals surface area contributed by atoms with Gasteiger partial charge in [0.25, 0.3) is 5.92 Å². The monoisotopic (exact) mass is 452 g/mol. The second-order valence-corrected chi connectivity index (χ2v) is 10.1. The molecule has 2 atom stereocenters. The van der Waals surface area contributed by atoms with Crippen molar-refractivity contribution in [1.82, 2.24) is 9.80 Å². The maximum absolute atomic E-state index is 14.7. The first-order valence-electron chi connectivity index (χ1n) is 10.6. The summed E-state index contributed by atoms with van der Waals surface area (Å²) >= 11 is 0. The van der Waals surface area contributed by atoms with Gasteiger partial charge in [-0.2, -0.15) is 0 Å². The number of hydrogen-bond acceptors (Lipinski definition) is 5. The van der Waals surface area contributed by atoms with Crippen molar-refractivity contribution in [3.8, 4) is 0 Å². The summed E-state index contributed by atoms with van der Waals surface area (Å²) in [6.45, 7) is 7.11. The molecular weight excluding hydrogens is 422 g/mol. The molecule has 176 valence electrons. The van der Waals surface area contributed by atoms with Crippen molar-refractivity contribution in [1.29, 1.82) is 0 Å². The minimum Gasteiger partial charge on any atom is -0.460 e. The van der Waals surface area contributed by atoms with Gasteiger partial charge < -0.3 is 14.4 Å². The van der Waals surface area contributed by atoms with E-state index in [0.29, 0.717) is 5.56 Å². The quantitative estimate of drug-likeness (QED) is 0.640. The van der Waals surface area contributed by atoms with Crippen LogP contribution in [0.15, 0.2) is 30.3 Å². The van der Waals surface area contributed by atoms with Crippen molar-refractivity contribution in [2.45, 2.75) is 58.8 Å². The lowest BCUT2D eigenvalue weighted by molar-refractivity contribution is -0.167. The van der Waals surface area contributed by atoms with Gasteiger partial charge in [-0.1, -0.05) is 30.3 Å². The molecule has 2 aliphatic heterocycles. The summed E-state index contributed by atoms with van der Waals surface area (Å²) in [4.78, 5) is 40.2. The molecule has 2 fully saturated rings. The van der Waals surface area contributed by atoms with E-state index in [1.807, 2.05) is 6.07 Å². The van der Waals surface area contributed by atoms with Crippen LogP contribution in [-0.2, 0) is 25.7 Å². The molecule has 2 saturated heterocycles. The highest BCUT2D eigenvalue weighted by molar-refractivity contribution is 5.90. The predicted molar refractivity (Wildman–Crippen MR) is 112 cm³/mol. The van der Waals surface area contributed by atoms with Gasteiger partial charge in [-0.25, -0.2) is 13.6 Å². The van der Waals surface area contributed by atoms with E-state index in [0.717, 1.165) is 4.90 Å². The SMILES string of the molecule is CC(C)(C)OC(=O)C(C)(C)CN1C[C@@H]2[C@H](C1=O)N(C(=O)OCc1ccccc1)CC2(F)F. The Bertz CT molecular complexity index is 882. The van der Waals surface area contributed by atoms with Crippen LogP contribution in [0.3, 0.4) is 0 Å². The zero-order valence-electron chi connectivity index (χ0n) is 19.1. The predicted octanol–water partition coefficient (Wildman–Crippen LogP) is 3.47. The van der Waals surface area contributed by atoms with Gasteiger partial charge in [0.2, 0.25) is 5.91 Å². The summed E-state index contributed by atoms with van der Waals surface area (Å²) in [7, 11) is 0. The molecule has 2 heterocycles. The molecule has 0 bridgehead atoms. The fourth-order valence-corrected chi connectivity index (χ4v) is 4.02. The molecule has 0 radical (unpaired) electrons. The van der Waals surface area contributed by atoms with Crippen LogP contribution in [-0.4, -0.2) is 65.0 Å². The Morgan fingerprint density at radius 3 is 2.34 bits per heavy atom. The molecule has 0 unspecified atom stereocenters. The number of esters is 1. The number of alkyl halides is 2. The summed E-state index contributed by atoms with van der Waals surface area (Å²) in [5.41, 5.74) is -1.11. The van der Waals surface area contributed by atoms with Gasteiger partial charge in [-0.3, -0.25) is 14.5 Å². The minimum atomic E-state index is -3.24. The number of halogens is 2. The first kappa shape index (κ1) is 23.9. The molecule has 32 heavy (non-hydrogen) atoms. The molecule has 0 saturated carbocycles. The van der Waals surface area contributed by atoms with Gasteiger partial charge in [0.05, 0.1) is 17.9 Å². The fraction of sp³-hybridized carbons (Fsp3) is 0.609. The van der Waals surface area contributed by atoms with E-state index >= 15 is 0 Å². The Balaban J connectivity index is 1.71. The van der Waals surface area contributed by atoms with Gasteiger partial charge in [-0.15, -0.1) is 0 Å². The Kier molecular flexibility index (Phi) is 6.23. The van der Waals surface area contributed by atoms with Crippen molar-refractivity contribution in [3.63, 3.8) is 0 Å². The third-order valence-corrected chi connectivity index (χ3v) is 5.60. The Labute approximate surface area is 186 Å². The first-order chi connectivity index (χ1) is 14.7. The van der Waals surface area contributed by atoms with Crippen LogP contribution >= 0.6 is 0 Å². The van der Waals surface area contributed by atoms with Gasteiger partial charge in [-0.05, 0) is 40.2 Å². The largest absolute Gasteiger partial charge is 0.460 e. The van der Waals surface area contributed by atoms with Crippen molar-refractivity contribution in [3.05, 3.63) is 35.9 Å². The number of ether oxygens (including phenoxy) is 2. The normalized spacial score (nSPS) is 22.7. The number of carbonyl (C=O) groups excluding carboxylic acids is 3. The number of fused-ring (bicyclic) bond motifs is 1. The zero-order chi connectivity index (χ0) is 23.9. The average Bonchev–Trinajstić information content (AvgIpc) is 3.14. The molecule has 0 aromatic heterocycles. The number of amides is 2. The van der Waals surface area contributed by atoms with Gasteiger partial charge in [0.1, 0.15) is 18.2 Å². The van der Waals surface area contributed by atoms with Crippen LogP contribution < -0.4 is 0 Å². The summed E-state index contributed by atoms with van der Waals surface area (Å²) in [6.07, 6.45) is -0.956. The highest BCUT2D eigenvalue weighted by atomic mass is 19.3. The topological polar surface area (TPSA) is 76.2 Å². The molecule has 1 aromatic carbocycles. The van der Waals surface area contributed by atoms with Crippen LogP contribution in [0.5, 0.6) is 0 Å². The van der Waals surface area contributed by atoms with Crippen molar-refractivity contribution >= 4 is 18.0 Å². The molecule has 0 N–H and O–H groups in total. The van der Waals surface area contributed by atoms with Crippen molar-refractivity contribution < 1.29 is 32.6 Å². The minimum absolute atomic E-state index is 0.0806. The standard InChI is InChI=1S/C23H30F2N2O5/c1-21(2,3)32-19(29)22(4,5)13-26-11-16-17(18(26)28)27(14-23(16,24)25)20(30)31-12-15-9-7-6-8-10-15/h6-10,16-17H,11-14H2,1-5H3/t16-,17-/m1/s1. The summed E-state index contributed by atoms with van der Waals surface area (Å²) in [6, 6.07) is 7.53. The van der Waals surface area contributed by atoms with Crippen LogP contribution in [0.2, 0.25) is 0 Å². The van der Waals surface area contributed by atoms with Crippen LogP contribution in [0, 0.1) is 11.3 Å². The van der Waals surface area contributed by atoms with Gasteiger partial charge in [0.15, 0.2) is 0 Å². The number of likely N-dealkylation sites (tertiary alicyclic amines) is 2. The lowest BCUT2D eigenvalue weighted by Gasteiger charge is -2.32. The second kappa shape index (κ2) is 8.33. The lowest BCUT2D eigenvalue weighted by Crippen LogP contribution is -2.48. The first-order valence-corrected chi connectivity index (χ1v) is 10.6. The highest BCUT2D eigenvalue weighted by Gasteiger charge is 2.64. The fourth-order valence-electron chi connectivity index (χ4n) is 4.02. The molecule has 2 aliphatic rings. The Hall–Kier alpha value is -2.71. The van der Waals surface area contributed by atoms with E-state index in [-0.39, 0.29) is 19.7 Å². The summed E-state index contributed by atoms with van der Waals surface area (Å²) in [5, 5.41) is 0. The van der Waals surface area contributed by atoms with E-state index in [9.17, 15) is 23.2 Å². The number of benzene rings is 1. The number of nitrogens with zero attached hydrogens (tertiary/aromatic N) is 2. The lowest BCUT2D eigenvalue weighted by atomic mass is 9.92. The highest BCUT2D eigenvalue weighted by Crippen LogP contribution is 2.44. The van der Waals surface area contributed by atoms with E-state index < -0.39 is 53.4 Å². The number of carbonyl (C=O) groups is 3. The van der Waals surface area contributed by atoms with Gasteiger partial charge >= 0.3 is 12.1 Å². The molecule has 2 amide bonds. The van der Waals surface area contributed by atoms with Crippen LogP contribution in [0.1, 0.15) is 40.2 Å². The third kappa shape index (κ3) is 5.02. The van der Waals surface area contributed by atoms with E-state index in [1.54, 1.807) is 58.9 Å². The summed E-state index contributed by atoms with van der Waals surface area (Å²) in [5.74, 6) is -5.73. The molecule has 0 spiro atoms. The van der Waals surface area contributed by atoms with Crippen LogP contribution in [0.25, 0.3) is 0 Å². The maximum atomic E-state index is 14.7. The van der Waals surface area contributed by atoms with E-state index in [4.69, 9.17) is 9.47 Å². The molecule has 0 aliphatic carbocycles. The van der Waals surface area contributed by atoms with Crippen molar-refractivity contribution in [2.24, 2.45) is 11.3 Å². The Morgan fingerprint density at radius 2 is 1.75 bits per heavy atom. The molecule has 9 heteroatoms. The maximum Gasteiger partial charge on any atom is 0.411 e. The molecule has 7 nitrogen and oxygen atoms in total. The third-order valence-electron chi connectivity index (χ3n) is 5.60. The summed E-state index contributed by atoms with van der Waals surface area (Å²) < 4.78 is 40.0. The number of rotatable bonds is 5. The number of hydrogen-bond donors (Lipinski definition) is 0. The Morgan fingerprint density at radius 1 is 1.12 bits per heavy atom. The van der Waals surface area contributed by atoms with E-state index in [2.05, 4.69) is 0 Å². The van der Waals surface area contributed by atoms with Crippen LogP contribution in [0.4, 0.5) is 13.6 Å². The average molecular weight is 452 g/mol.